The third kappa shape index (κ3) is 2.17. The van der Waals surface area contributed by atoms with Gasteiger partial charge in [-0.05, 0) is 40.5 Å². The molecule has 1 heterocycles. The summed E-state index contributed by atoms with van der Waals surface area (Å²) in [5, 5.41) is -0.152. The van der Waals surface area contributed by atoms with Gasteiger partial charge in [0.05, 0.1) is 11.2 Å². The molecule has 0 aromatic carbocycles. The molecule has 4 heteroatoms. The van der Waals surface area contributed by atoms with Gasteiger partial charge in [-0.2, -0.15) is 0 Å². The predicted octanol–water partition coefficient (Wildman–Crippen LogP) is 2.98. The van der Waals surface area contributed by atoms with Crippen molar-refractivity contribution in [1.82, 2.24) is 0 Å². The summed E-state index contributed by atoms with van der Waals surface area (Å²) in [5.74, 6) is 0.341. The molecule has 1 aliphatic heterocycles. The molecule has 0 radical (unpaired) electrons. The van der Waals surface area contributed by atoms with Crippen LogP contribution in [0.5, 0.6) is 0 Å². The zero-order valence-corrected chi connectivity index (χ0v) is 11.6. The molecule has 0 unspecified atom stereocenters. The van der Waals surface area contributed by atoms with E-state index in [4.69, 9.17) is 9.31 Å². The molecule has 1 atom stereocenters. The van der Waals surface area contributed by atoms with Crippen LogP contribution in [-0.2, 0) is 14.1 Å². The molecule has 1 saturated carbocycles. The van der Waals surface area contributed by atoms with Gasteiger partial charge in [-0.3, -0.25) is 4.79 Å². The second kappa shape index (κ2) is 3.82. The molecule has 0 aromatic rings. The summed E-state index contributed by atoms with van der Waals surface area (Å²) in [6.45, 7) is 10.3. The van der Waals surface area contributed by atoms with E-state index in [9.17, 15) is 4.79 Å². The largest absolute Gasteiger partial charge is 0.464 e. The third-order valence-electron chi connectivity index (χ3n) is 4.63. The highest BCUT2D eigenvalue weighted by molar-refractivity contribution is 6.50. The van der Waals surface area contributed by atoms with Crippen molar-refractivity contribution in [2.75, 3.05) is 0 Å². The maximum Gasteiger partial charge on any atom is 0.464 e. The Bertz CT molecular complexity index is 322. The summed E-state index contributed by atoms with van der Waals surface area (Å²) in [4.78, 5) is 11.6. The van der Waals surface area contributed by atoms with E-state index in [0.717, 1.165) is 19.3 Å². The van der Waals surface area contributed by atoms with Crippen molar-refractivity contribution in [3.8, 4) is 0 Å². The highest BCUT2D eigenvalue weighted by atomic mass is 16.7. The molecule has 2 fully saturated rings. The lowest BCUT2D eigenvalue weighted by molar-refractivity contribution is -0.121. The number of carbonyl (C=O) groups excluding carboxylic acids is 1. The minimum atomic E-state index is -0.304. The second-order valence-corrected chi connectivity index (χ2v) is 6.81. The van der Waals surface area contributed by atoms with Crippen molar-refractivity contribution in [1.29, 1.82) is 0 Å². The van der Waals surface area contributed by atoms with Gasteiger partial charge in [-0.15, -0.1) is 0 Å². The molecule has 17 heavy (non-hydrogen) atoms. The van der Waals surface area contributed by atoms with E-state index in [1.54, 1.807) is 0 Å². The van der Waals surface area contributed by atoms with E-state index in [0.29, 0.717) is 12.2 Å². The first-order chi connectivity index (χ1) is 7.66. The van der Waals surface area contributed by atoms with Crippen molar-refractivity contribution < 1.29 is 14.1 Å². The van der Waals surface area contributed by atoms with Crippen LogP contribution in [0.2, 0.25) is 5.31 Å². The standard InChI is InChI=1S/C13H23BO3/c1-11(2)12(3,4)17-14(16-11)13(5)8-6-7-10(15)9-13/h6-9H2,1-5H3/t13-/m0/s1. The summed E-state index contributed by atoms with van der Waals surface area (Å²) >= 11 is 0. The van der Waals surface area contributed by atoms with Gasteiger partial charge in [0, 0.05) is 18.2 Å². The summed E-state index contributed by atoms with van der Waals surface area (Å²) in [6.07, 6.45) is 3.27. The summed E-state index contributed by atoms with van der Waals surface area (Å²) in [7, 11) is -0.253. The maximum absolute atomic E-state index is 11.6. The number of hydrogen-bond acceptors (Lipinski definition) is 3. The predicted molar refractivity (Wildman–Crippen MR) is 67.9 cm³/mol. The molecule has 3 nitrogen and oxygen atoms in total. The molecule has 0 spiro atoms. The molecule has 1 saturated heterocycles. The van der Waals surface area contributed by atoms with E-state index in [-0.39, 0.29) is 23.6 Å². The number of carbonyl (C=O) groups is 1. The van der Waals surface area contributed by atoms with Gasteiger partial charge in [-0.25, -0.2) is 0 Å². The third-order valence-corrected chi connectivity index (χ3v) is 4.63. The van der Waals surface area contributed by atoms with Crippen molar-refractivity contribution in [3.05, 3.63) is 0 Å². The Labute approximate surface area is 104 Å². The molecule has 0 N–H and O–H groups in total. The Morgan fingerprint density at radius 3 is 2.06 bits per heavy atom. The quantitative estimate of drug-likeness (QED) is 0.659. The first-order valence-electron chi connectivity index (χ1n) is 6.54. The van der Waals surface area contributed by atoms with Crippen molar-refractivity contribution in [2.24, 2.45) is 0 Å². The lowest BCUT2D eigenvalue weighted by atomic mass is 9.52. The molecule has 2 rings (SSSR count). The lowest BCUT2D eigenvalue weighted by Gasteiger charge is -2.34. The Kier molecular flexibility index (Phi) is 2.95. The van der Waals surface area contributed by atoms with Crippen LogP contribution in [0.1, 0.15) is 60.3 Å². The van der Waals surface area contributed by atoms with E-state index in [1.165, 1.54) is 0 Å². The molecule has 0 amide bonds. The summed E-state index contributed by atoms with van der Waals surface area (Å²) < 4.78 is 12.2. The van der Waals surface area contributed by atoms with Crippen LogP contribution in [0.15, 0.2) is 0 Å². The van der Waals surface area contributed by atoms with Crippen LogP contribution >= 0.6 is 0 Å². The van der Waals surface area contributed by atoms with Gasteiger partial charge in [0.15, 0.2) is 0 Å². The van der Waals surface area contributed by atoms with Gasteiger partial charge < -0.3 is 9.31 Å². The molecule has 0 bridgehead atoms. The number of hydrogen-bond donors (Lipinski definition) is 0. The van der Waals surface area contributed by atoms with Crippen LogP contribution in [0, 0.1) is 0 Å². The summed E-state index contributed by atoms with van der Waals surface area (Å²) in [5.41, 5.74) is -0.609. The topological polar surface area (TPSA) is 35.5 Å². The first-order valence-corrected chi connectivity index (χ1v) is 6.54. The smallest absolute Gasteiger partial charge is 0.403 e. The number of ketones is 1. The minimum Gasteiger partial charge on any atom is -0.403 e. The second-order valence-electron chi connectivity index (χ2n) is 6.81. The van der Waals surface area contributed by atoms with Crippen LogP contribution in [0.25, 0.3) is 0 Å². The van der Waals surface area contributed by atoms with E-state index < -0.39 is 0 Å². The molecular formula is C13H23BO3. The minimum absolute atomic E-state index is 0.152. The fourth-order valence-corrected chi connectivity index (χ4v) is 2.65. The van der Waals surface area contributed by atoms with Crippen LogP contribution in [0.3, 0.4) is 0 Å². The average Bonchev–Trinajstić information content (AvgIpc) is 2.36. The Hall–Kier alpha value is -0.345. The molecule has 0 aromatic heterocycles. The zero-order valence-electron chi connectivity index (χ0n) is 11.6. The number of rotatable bonds is 1. The zero-order chi connectivity index (χ0) is 12.9. The van der Waals surface area contributed by atoms with Gasteiger partial charge in [0.2, 0.25) is 0 Å². The Morgan fingerprint density at radius 1 is 1.06 bits per heavy atom. The van der Waals surface area contributed by atoms with Gasteiger partial charge in [0.25, 0.3) is 0 Å². The summed E-state index contributed by atoms with van der Waals surface area (Å²) in [6, 6.07) is 0. The Morgan fingerprint density at radius 2 is 1.59 bits per heavy atom. The van der Waals surface area contributed by atoms with E-state index in [2.05, 4.69) is 34.6 Å². The average molecular weight is 238 g/mol. The number of Topliss-reactive ketones (excluding diaryl/α,β-unsaturated/α-hetero) is 1. The molecule has 2 aliphatic rings. The maximum atomic E-state index is 11.6. The highest BCUT2D eigenvalue weighted by Gasteiger charge is 2.58. The molecule has 96 valence electrons. The fraction of sp³-hybridized carbons (Fsp3) is 0.923. The van der Waals surface area contributed by atoms with Crippen molar-refractivity contribution in [2.45, 2.75) is 76.8 Å². The van der Waals surface area contributed by atoms with E-state index >= 15 is 0 Å². The van der Waals surface area contributed by atoms with Gasteiger partial charge >= 0.3 is 7.12 Å². The van der Waals surface area contributed by atoms with Crippen LogP contribution in [0.4, 0.5) is 0 Å². The van der Waals surface area contributed by atoms with Crippen LogP contribution in [-0.4, -0.2) is 24.1 Å². The van der Waals surface area contributed by atoms with Crippen molar-refractivity contribution in [3.63, 3.8) is 0 Å². The lowest BCUT2D eigenvalue weighted by Crippen LogP contribution is -2.41. The fourth-order valence-electron chi connectivity index (χ4n) is 2.65. The normalized spacial score (nSPS) is 36.3. The van der Waals surface area contributed by atoms with Gasteiger partial charge in [-0.1, -0.05) is 6.92 Å². The van der Waals surface area contributed by atoms with Crippen molar-refractivity contribution >= 4 is 12.9 Å². The highest BCUT2D eigenvalue weighted by Crippen LogP contribution is 2.51. The first kappa shape index (κ1) is 13.1. The van der Waals surface area contributed by atoms with Crippen LogP contribution < -0.4 is 0 Å². The Balaban J connectivity index is 2.17. The van der Waals surface area contributed by atoms with Gasteiger partial charge in [0.1, 0.15) is 5.78 Å². The SMILES string of the molecule is CC1(C)OB([C@@]2(C)CCCC(=O)C2)OC1(C)C. The molecular weight excluding hydrogens is 215 g/mol. The monoisotopic (exact) mass is 238 g/mol. The molecule has 1 aliphatic carbocycles. The van der Waals surface area contributed by atoms with E-state index in [1.807, 2.05) is 0 Å².